The summed E-state index contributed by atoms with van der Waals surface area (Å²) in [6.07, 6.45) is 1.96. The van der Waals surface area contributed by atoms with Crippen molar-refractivity contribution in [2.24, 2.45) is 0 Å². The van der Waals surface area contributed by atoms with E-state index in [9.17, 15) is 13.6 Å². The molecule has 1 fully saturated rings. The van der Waals surface area contributed by atoms with Gasteiger partial charge >= 0.3 is 0 Å². The van der Waals surface area contributed by atoms with Crippen molar-refractivity contribution in [2.75, 3.05) is 13.1 Å². The van der Waals surface area contributed by atoms with Crippen molar-refractivity contribution in [1.29, 1.82) is 0 Å². The van der Waals surface area contributed by atoms with Crippen molar-refractivity contribution in [3.05, 3.63) is 47.6 Å². The molecule has 20 heavy (non-hydrogen) atoms. The summed E-state index contributed by atoms with van der Waals surface area (Å²) >= 11 is 0. The summed E-state index contributed by atoms with van der Waals surface area (Å²) in [5.74, 6) is -1.74. The highest BCUT2D eigenvalue weighted by Crippen LogP contribution is 2.25. The average Bonchev–Trinajstić information content (AvgIpc) is 3.11. The van der Waals surface area contributed by atoms with Crippen LogP contribution in [0.25, 0.3) is 0 Å². The van der Waals surface area contributed by atoms with Gasteiger partial charge in [-0.3, -0.25) is 4.79 Å². The smallest absolute Gasteiger partial charge is 0.253 e. The van der Waals surface area contributed by atoms with E-state index in [0.29, 0.717) is 18.9 Å². The van der Waals surface area contributed by atoms with Gasteiger partial charge in [0.05, 0.1) is 0 Å². The Hall–Kier alpha value is -2.31. The number of amides is 1. The number of carbonyl (C=O) groups is 1. The van der Waals surface area contributed by atoms with Crippen LogP contribution in [0.5, 0.6) is 0 Å². The molecule has 0 radical (unpaired) electrons. The Labute approximate surface area is 113 Å². The highest BCUT2D eigenvalue weighted by atomic mass is 19.2. The quantitative estimate of drug-likeness (QED) is 0.843. The van der Waals surface area contributed by atoms with Crippen molar-refractivity contribution in [3.63, 3.8) is 0 Å². The van der Waals surface area contributed by atoms with Crippen LogP contribution in [-0.2, 0) is 0 Å². The van der Waals surface area contributed by atoms with Gasteiger partial charge in [0.25, 0.3) is 5.91 Å². The standard InChI is InChI=1S/C13H11F2N3O2/c14-10-2-1-8(5-11(10)15)13(19)18-4-3-9(6-18)12-16-7-20-17-12/h1-2,5,7,9H,3-4,6H2/t9-/m1/s1. The zero-order valence-corrected chi connectivity index (χ0v) is 10.4. The molecule has 1 amide bonds. The molecule has 3 rings (SSSR count). The summed E-state index contributed by atoms with van der Waals surface area (Å²) in [5.41, 5.74) is 0.137. The van der Waals surface area contributed by atoms with Gasteiger partial charge in [-0.25, -0.2) is 8.78 Å². The molecule has 2 heterocycles. The Morgan fingerprint density at radius 1 is 1.35 bits per heavy atom. The Morgan fingerprint density at radius 3 is 2.90 bits per heavy atom. The molecule has 1 atom stereocenters. The number of likely N-dealkylation sites (tertiary alicyclic amines) is 1. The number of hydrogen-bond donors (Lipinski definition) is 0. The summed E-state index contributed by atoms with van der Waals surface area (Å²) in [4.78, 5) is 17.7. The third-order valence-corrected chi connectivity index (χ3v) is 3.39. The zero-order chi connectivity index (χ0) is 14.1. The van der Waals surface area contributed by atoms with Gasteiger partial charge in [-0.1, -0.05) is 5.16 Å². The lowest BCUT2D eigenvalue weighted by Crippen LogP contribution is -2.28. The molecule has 0 spiro atoms. The molecule has 2 aromatic rings. The summed E-state index contributed by atoms with van der Waals surface area (Å²) in [6.45, 7) is 0.967. The second-order valence-electron chi connectivity index (χ2n) is 4.66. The SMILES string of the molecule is O=C(c1ccc(F)c(F)c1)N1CC[C@@H](c2ncon2)C1. The normalized spacial score (nSPS) is 18.5. The molecule has 0 unspecified atom stereocenters. The average molecular weight is 279 g/mol. The number of benzene rings is 1. The van der Waals surface area contributed by atoms with E-state index in [-0.39, 0.29) is 17.4 Å². The van der Waals surface area contributed by atoms with Gasteiger partial charge in [0, 0.05) is 24.6 Å². The molecule has 0 saturated carbocycles. The minimum atomic E-state index is -1.02. The van der Waals surface area contributed by atoms with Gasteiger partial charge in [0.1, 0.15) is 0 Å². The molecule has 1 aliphatic heterocycles. The number of hydrogen-bond acceptors (Lipinski definition) is 4. The van der Waals surface area contributed by atoms with Crippen LogP contribution in [-0.4, -0.2) is 34.0 Å². The second kappa shape index (κ2) is 4.99. The van der Waals surface area contributed by atoms with E-state index in [1.165, 1.54) is 12.5 Å². The van der Waals surface area contributed by atoms with Crippen LogP contribution in [0.15, 0.2) is 29.1 Å². The van der Waals surface area contributed by atoms with Crippen molar-refractivity contribution >= 4 is 5.91 Å². The summed E-state index contributed by atoms with van der Waals surface area (Å²) in [6, 6.07) is 3.15. The predicted molar refractivity (Wildman–Crippen MR) is 63.9 cm³/mol. The third-order valence-electron chi connectivity index (χ3n) is 3.39. The molecular weight excluding hydrogens is 268 g/mol. The highest BCUT2D eigenvalue weighted by molar-refractivity contribution is 5.94. The van der Waals surface area contributed by atoms with Gasteiger partial charge in [-0.15, -0.1) is 0 Å². The fraction of sp³-hybridized carbons (Fsp3) is 0.308. The Morgan fingerprint density at radius 2 is 2.20 bits per heavy atom. The van der Waals surface area contributed by atoms with Crippen molar-refractivity contribution < 1.29 is 18.1 Å². The lowest BCUT2D eigenvalue weighted by Gasteiger charge is -2.16. The number of halogens is 2. The maximum atomic E-state index is 13.1. The van der Waals surface area contributed by atoms with E-state index < -0.39 is 11.6 Å². The van der Waals surface area contributed by atoms with Crippen molar-refractivity contribution in [2.45, 2.75) is 12.3 Å². The van der Waals surface area contributed by atoms with Gasteiger partial charge in [-0.05, 0) is 24.6 Å². The van der Waals surface area contributed by atoms with E-state index in [2.05, 4.69) is 14.7 Å². The highest BCUT2D eigenvalue weighted by Gasteiger charge is 2.30. The summed E-state index contributed by atoms with van der Waals surface area (Å²) in [7, 11) is 0. The zero-order valence-electron chi connectivity index (χ0n) is 10.4. The molecule has 5 nitrogen and oxygen atoms in total. The minimum Gasteiger partial charge on any atom is -0.343 e. The molecule has 7 heteroatoms. The molecule has 1 aromatic heterocycles. The lowest BCUT2D eigenvalue weighted by molar-refractivity contribution is 0.0790. The number of aromatic nitrogens is 2. The van der Waals surface area contributed by atoms with Crippen LogP contribution in [0, 0.1) is 11.6 Å². The van der Waals surface area contributed by atoms with E-state index in [0.717, 1.165) is 18.6 Å². The Bertz CT molecular complexity index is 631. The lowest BCUT2D eigenvalue weighted by atomic mass is 10.1. The maximum absolute atomic E-state index is 13.1. The molecule has 1 saturated heterocycles. The van der Waals surface area contributed by atoms with Gasteiger partial charge in [0.2, 0.25) is 6.39 Å². The molecular formula is C13H11F2N3O2. The first kappa shape index (κ1) is 12.7. The van der Waals surface area contributed by atoms with Crippen LogP contribution in [0.4, 0.5) is 8.78 Å². The fourth-order valence-electron chi connectivity index (χ4n) is 2.33. The van der Waals surface area contributed by atoms with Crippen LogP contribution in [0.3, 0.4) is 0 Å². The molecule has 104 valence electrons. The first-order valence-corrected chi connectivity index (χ1v) is 6.16. The van der Waals surface area contributed by atoms with Crippen molar-refractivity contribution in [3.8, 4) is 0 Å². The van der Waals surface area contributed by atoms with E-state index >= 15 is 0 Å². The van der Waals surface area contributed by atoms with Gasteiger partial charge in [-0.2, -0.15) is 4.98 Å². The van der Waals surface area contributed by atoms with Crippen molar-refractivity contribution in [1.82, 2.24) is 15.0 Å². The molecule has 0 N–H and O–H groups in total. The summed E-state index contributed by atoms with van der Waals surface area (Å²) in [5, 5.41) is 3.76. The first-order valence-electron chi connectivity index (χ1n) is 6.16. The van der Waals surface area contributed by atoms with Crippen LogP contribution >= 0.6 is 0 Å². The van der Waals surface area contributed by atoms with Gasteiger partial charge < -0.3 is 9.42 Å². The topological polar surface area (TPSA) is 59.2 Å². The van der Waals surface area contributed by atoms with E-state index in [1.807, 2.05) is 0 Å². The Kier molecular flexibility index (Phi) is 3.17. The van der Waals surface area contributed by atoms with Crippen LogP contribution < -0.4 is 0 Å². The molecule has 1 aromatic carbocycles. The number of carbonyl (C=O) groups excluding carboxylic acids is 1. The molecule has 0 bridgehead atoms. The van der Waals surface area contributed by atoms with Crippen LogP contribution in [0.1, 0.15) is 28.5 Å². The maximum Gasteiger partial charge on any atom is 0.253 e. The third kappa shape index (κ3) is 2.26. The Balaban J connectivity index is 1.74. The number of rotatable bonds is 2. The van der Waals surface area contributed by atoms with E-state index in [4.69, 9.17) is 0 Å². The van der Waals surface area contributed by atoms with Gasteiger partial charge in [0.15, 0.2) is 17.5 Å². The second-order valence-corrected chi connectivity index (χ2v) is 4.66. The fourth-order valence-corrected chi connectivity index (χ4v) is 2.33. The monoisotopic (exact) mass is 279 g/mol. The summed E-state index contributed by atoms with van der Waals surface area (Å²) < 4.78 is 30.7. The van der Waals surface area contributed by atoms with E-state index in [1.54, 1.807) is 4.90 Å². The molecule has 0 aliphatic carbocycles. The number of nitrogens with zero attached hydrogens (tertiary/aromatic N) is 3. The predicted octanol–water partition coefficient (Wildman–Crippen LogP) is 1.98. The largest absolute Gasteiger partial charge is 0.343 e. The molecule has 1 aliphatic rings. The van der Waals surface area contributed by atoms with Crippen LogP contribution in [0.2, 0.25) is 0 Å². The minimum absolute atomic E-state index is 0.0167. The first-order chi connectivity index (χ1) is 9.65.